The second-order valence-corrected chi connectivity index (χ2v) is 7.63. The third-order valence-electron chi connectivity index (χ3n) is 4.19. The number of aliphatic imine (C=N–C) groups is 1. The molecule has 1 aromatic rings. The summed E-state index contributed by atoms with van der Waals surface area (Å²) in [6, 6.07) is 8.92. The van der Waals surface area contributed by atoms with E-state index in [9.17, 15) is 4.79 Å². The summed E-state index contributed by atoms with van der Waals surface area (Å²) in [6.07, 6.45) is 9.83. The van der Waals surface area contributed by atoms with Gasteiger partial charge in [-0.3, -0.25) is 9.79 Å². The van der Waals surface area contributed by atoms with E-state index in [1.807, 2.05) is 31.2 Å². The maximum absolute atomic E-state index is 13.1. The van der Waals surface area contributed by atoms with Gasteiger partial charge in [-0.05, 0) is 58.4 Å². The molecule has 1 aromatic carbocycles. The number of Topliss-reactive ketones (excluding diaryl/α,β-unsaturated/α-hetero) is 1. The van der Waals surface area contributed by atoms with Crippen LogP contribution in [0.15, 0.2) is 53.6 Å². The van der Waals surface area contributed by atoms with Gasteiger partial charge >= 0.3 is 0 Å². The summed E-state index contributed by atoms with van der Waals surface area (Å²) in [5.74, 6) is 5.83. The average molecular weight is 344 g/mol. The lowest BCUT2D eigenvalue weighted by atomic mass is 9.78. The lowest BCUT2D eigenvalue weighted by Crippen LogP contribution is -2.35. The van der Waals surface area contributed by atoms with Crippen molar-refractivity contribution in [3.05, 3.63) is 59.7 Å². The summed E-state index contributed by atoms with van der Waals surface area (Å²) in [6.45, 7) is 8.13. The molecule has 1 aliphatic heterocycles. The Balaban J connectivity index is 2.27. The van der Waals surface area contributed by atoms with Gasteiger partial charge < -0.3 is 0 Å². The van der Waals surface area contributed by atoms with Gasteiger partial charge in [0.25, 0.3) is 0 Å². The van der Waals surface area contributed by atoms with Gasteiger partial charge in [0.15, 0.2) is 5.78 Å². The fourth-order valence-electron chi connectivity index (χ4n) is 2.77. The van der Waals surface area contributed by atoms with Crippen molar-refractivity contribution in [1.82, 2.24) is 0 Å². The van der Waals surface area contributed by atoms with Crippen LogP contribution < -0.4 is 0 Å². The van der Waals surface area contributed by atoms with Crippen molar-refractivity contribution in [3.63, 3.8) is 0 Å². The fourth-order valence-corrected chi connectivity index (χ4v) is 2.77. The summed E-state index contributed by atoms with van der Waals surface area (Å²) in [5.41, 5.74) is 0.389. The summed E-state index contributed by atoms with van der Waals surface area (Å²) >= 11 is 0. The smallest absolute Gasteiger partial charge is 0.169 e. The van der Waals surface area contributed by atoms with Crippen LogP contribution in [0.2, 0.25) is 0 Å². The Morgan fingerprint density at radius 3 is 2.77 bits per heavy atom. The molecular formula is C23H24N2O. The number of nitrogens with zero attached hydrogens (tertiary/aromatic N) is 2. The van der Waals surface area contributed by atoms with Gasteiger partial charge in [-0.25, -0.2) is 0 Å². The monoisotopic (exact) mass is 344 g/mol. The third kappa shape index (κ3) is 5.04. The van der Waals surface area contributed by atoms with Crippen LogP contribution in [0.3, 0.4) is 0 Å². The van der Waals surface area contributed by atoms with E-state index in [-0.39, 0.29) is 17.1 Å². The molecule has 26 heavy (non-hydrogen) atoms. The Labute approximate surface area is 156 Å². The first-order valence-corrected chi connectivity index (χ1v) is 8.70. The van der Waals surface area contributed by atoms with Gasteiger partial charge in [0.05, 0.1) is 23.1 Å². The van der Waals surface area contributed by atoms with Gasteiger partial charge in [0.1, 0.15) is 0 Å². The van der Waals surface area contributed by atoms with Crippen molar-refractivity contribution >= 4 is 12.0 Å². The molecule has 2 rings (SSSR count). The molecule has 0 radical (unpaired) electrons. The average Bonchev–Trinajstić information content (AvgIpc) is 3.04. The zero-order chi connectivity index (χ0) is 19.2. The van der Waals surface area contributed by atoms with E-state index >= 15 is 0 Å². The van der Waals surface area contributed by atoms with Crippen LogP contribution in [0.5, 0.6) is 0 Å². The molecule has 0 aliphatic carbocycles. The number of nitriles is 1. The predicted molar refractivity (Wildman–Crippen MR) is 106 cm³/mol. The topological polar surface area (TPSA) is 53.2 Å². The molecule has 3 nitrogen and oxygen atoms in total. The standard InChI is InChI=1S/C23H24N2O/c1-22(2,3)13-7-5-6-12-20(23(4)14-9-15-25-23)21(26)19-11-8-10-18(16-19)17-24/h5-6,8-11,14-16,20H,12H2,1-4H3. The zero-order valence-electron chi connectivity index (χ0n) is 15.8. The molecule has 132 valence electrons. The summed E-state index contributed by atoms with van der Waals surface area (Å²) in [5, 5.41) is 9.09. The van der Waals surface area contributed by atoms with Crippen LogP contribution >= 0.6 is 0 Å². The van der Waals surface area contributed by atoms with Gasteiger partial charge in [0, 0.05) is 17.2 Å². The largest absolute Gasteiger partial charge is 0.294 e. The number of rotatable bonds is 5. The molecule has 1 aliphatic rings. The van der Waals surface area contributed by atoms with E-state index in [2.05, 4.69) is 43.7 Å². The van der Waals surface area contributed by atoms with E-state index in [0.717, 1.165) is 0 Å². The Morgan fingerprint density at radius 2 is 2.15 bits per heavy atom. The highest BCUT2D eigenvalue weighted by atomic mass is 16.1. The molecule has 0 saturated carbocycles. The maximum Gasteiger partial charge on any atom is 0.169 e. The SMILES string of the molecule is CC(C)(C)C#CC=CCC(C(=O)c1cccc(C#N)c1)C1(C)C=CC=N1. The van der Waals surface area contributed by atoms with Crippen molar-refractivity contribution in [2.24, 2.45) is 16.3 Å². The Morgan fingerprint density at radius 1 is 1.38 bits per heavy atom. The van der Waals surface area contributed by atoms with Gasteiger partial charge in [-0.15, -0.1) is 0 Å². The first kappa shape index (κ1) is 19.4. The van der Waals surface area contributed by atoms with Crippen LogP contribution in [0.25, 0.3) is 0 Å². The van der Waals surface area contributed by atoms with Gasteiger partial charge in [-0.1, -0.05) is 36.1 Å². The number of hydrogen-bond donors (Lipinski definition) is 0. The Bertz CT molecular complexity index is 852. The van der Waals surface area contributed by atoms with Gasteiger partial charge in [0.2, 0.25) is 0 Å². The van der Waals surface area contributed by atoms with Crippen molar-refractivity contribution in [3.8, 4) is 17.9 Å². The highest BCUT2D eigenvalue weighted by Gasteiger charge is 2.37. The van der Waals surface area contributed by atoms with E-state index in [0.29, 0.717) is 17.5 Å². The number of ketones is 1. The second-order valence-electron chi connectivity index (χ2n) is 7.63. The van der Waals surface area contributed by atoms with Crippen LogP contribution in [0.4, 0.5) is 0 Å². The van der Waals surface area contributed by atoms with Crippen LogP contribution in [0, 0.1) is 34.5 Å². The molecule has 0 spiro atoms. The van der Waals surface area contributed by atoms with E-state index in [4.69, 9.17) is 5.26 Å². The van der Waals surface area contributed by atoms with Crippen molar-refractivity contribution in [2.45, 2.75) is 39.7 Å². The fraction of sp³-hybridized carbons (Fsp3) is 0.348. The number of carbonyl (C=O) groups is 1. The first-order valence-electron chi connectivity index (χ1n) is 8.70. The molecule has 0 bridgehead atoms. The number of benzene rings is 1. The van der Waals surface area contributed by atoms with Crippen molar-refractivity contribution in [2.75, 3.05) is 0 Å². The number of hydrogen-bond acceptors (Lipinski definition) is 3. The minimum atomic E-state index is -0.582. The van der Waals surface area contributed by atoms with Crippen LogP contribution in [-0.4, -0.2) is 17.5 Å². The van der Waals surface area contributed by atoms with E-state index in [1.165, 1.54) is 0 Å². The van der Waals surface area contributed by atoms with Crippen molar-refractivity contribution < 1.29 is 4.79 Å². The van der Waals surface area contributed by atoms with Gasteiger partial charge in [-0.2, -0.15) is 5.26 Å². The quantitative estimate of drug-likeness (QED) is 0.571. The molecule has 0 amide bonds. The molecule has 0 aromatic heterocycles. The highest BCUT2D eigenvalue weighted by Crippen LogP contribution is 2.32. The molecule has 0 saturated heterocycles. The number of carbonyl (C=O) groups excluding carboxylic acids is 1. The molecular weight excluding hydrogens is 320 g/mol. The molecule has 0 fully saturated rings. The normalized spacial score (nSPS) is 19.8. The number of allylic oxidation sites excluding steroid dienone is 3. The Kier molecular flexibility index (Phi) is 5.96. The minimum Gasteiger partial charge on any atom is -0.294 e. The summed E-state index contributed by atoms with van der Waals surface area (Å²) in [4.78, 5) is 17.6. The molecule has 3 heteroatoms. The van der Waals surface area contributed by atoms with Crippen LogP contribution in [0.1, 0.15) is 50.0 Å². The third-order valence-corrected chi connectivity index (χ3v) is 4.19. The lowest BCUT2D eigenvalue weighted by Gasteiger charge is -2.28. The Hall–Kier alpha value is -2.91. The minimum absolute atomic E-state index is 0.0123. The highest BCUT2D eigenvalue weighted by molar-refractivity contribution is 5.99. The molecule has 2 atom stereocenters. The second kappa shape index (κ2) is 7.98. The van der Waals surface area contributed by atoms with E-state index in [1.54, 1.807) is 30.5 Å². The predicted octanol–water partition coefficient (Wildman–Crippen LogP) is 4.75. The van der Waals surface area contributed by atoms with Crippen molar-refractivity contribution in [1.29, 1.82) is 5.26 Å². The lowest BCUT2D eigenvalue weighted by molar-refractivity contribution is 0.0884. The molecule has 1 heterocycles. The first-order chi connectivity index (χ1) is 12.2. The molecule has 2 unspecified atom stereocenters. The van der Waals surface area contributed by atoms with Crippen LogP contribution in [-0.2, 0) is 0 Å². The van der Waals surface area contributed by atoms with E-state index < -0.39 is 5.54 Å². The summed E-state index contributed by atoms with van der Waals surface area (Å²) < 4.78 is 0. The zero-order valence-corrected chi connectivity index (χ0v) is 15.8. The molecule has 0 N–H and O–H groups in total. The maximum atomic E-state index is 13.1. The summed E-state index contributed by atoms with van der Waals surface area (Å²) in [7, 11) is 0.